The van der Waals surface area contributed by atoms with Gasteiger partial charge in [-0.1, -0.05) is 12.1 Å². The Labute approximate surface area is 137 Å². The molecule has 5 nitrogen and oxygen atoms in total. The van der Waals surface area contributed by atoms with E-state index in [2.05, 4.69) is 22.5 Å². The minimum absolute atomic E-state index is 0.232. The Kier molecular flexibility index (Phi) is 5.41. The summed E-state index contributed by atoms with van der Waals surface area (Å²) in [7, 11) is 0. The first kappa shape index (κ1) is 16.1. The van der Waals surface area contributed by atoms with Crippen molar-refractivity contribution in [1.82, 2.24) is 14.8 Å². The monoisotopic (exact) mass is 315 g/mol. The first-order valence-corrected chi connectivity index (χ1v) is 8.41. The van der Waals surface area contributed by atoms with Gasteiger partial charge in [-0.15, -0.1) is 6.58 Å². The third-order valence-corrected chi connectivity index (χ3v) is 4.72. The predicted molar refractivity (Wildman–Crippen MR) is 88.8 cm³/mol. The maximum Gasteiger partial charge on any atom is 0.222 e. The number of likely N-dealkylation sites (tertiary alicyclic amines) is 1. The number of hydrogen-bond acceptors (Lipinski definition) is 4. The van der Waals surface area contributed by atoms with Gasteiger partial charge >= 0.3 is 0 Å². The van der Waals surface area contributed by atoms with Crippen LogP contribution in [0, 0.1) is 0 Å². The number of nitrogens with zero attached hydrogens (tertiary/aromatic N) is 3. The number of carbonyl (C=O) groups is 1. The SMILES string of the molecule is C=CCCC(=O)N1CC[C@H]2OCCN(Cc3cccnc3)[C@@H]2C1. The molecule has 0 bridgehead atoms. The summed E-state index contributed by atoms with van der Waals surface area (Å²) in [6.07, 6.45) is 8.00. The molecule has 0 aliphatic carbocycles. The number of fused-ring (bicyclic) bond motifs is 1. The van der Waals surface area contributed by atoms with Crippen molar-refractivity contribution in [3.05, 3.63) is 42.7 Å². The second-order valence-electron chi connectivity index (χ2n) is 6.26. The van der Waals surface area contributed by atoms with Crippen LogP contribution in [0.15, 0.2) is 37.2 Å². The Balaban J connectivity index is 1.65. The fourth-order valence-corrected chi connectivity index (χ4v) is 3.47. The Morgan fingerprint density at radius 1 is 1.48 bits per heavy atom. The van der Waals surface area contributed by atoms with E-state index in [0.29, 0.717) is 6.42 Å². The molecule has 5 heteroatoms. The van der Waals surface area contributed by atoms with Crippen molar-refractivity contribution in [3.63, 3.8) is 0 Å². The predicted octanol–water partition coefficient (Wildman–Crippen LogP) is 1.85. The summed E-state index contributed by atoms with van der Waals surface area (Å²) >= 11 is 0. The van der Waals surface area contributed by atoms with E-state index in [1.807, 2.05) is 23.2 Å². The van der Waals surface area contributed by atoms with Crippen molar-refractivity contribution >= 4 is 5.91 Å². The third kappa shape index (κ3) is 3.98. The van der Waals surface area contributed by atoms with Crippen molar-refractivity contribution in [1.29, 1.82) is 0 Å². The number of ether oxygens (including phenoxy) is 1. The molecule has 1 amide bonds. The van der Waals surface area contributed by atoms with Crippen molar-refractivity contribution in [2.24, 2.45) is 0 Å². The van der Waals surface area contributed by atoms with Crippen LogP contribution in [0.5, 0.6) is 0 Å². The molecular weight excluding hydrogens is 290 g/mol. The smallest absolute Gasteiger partial charge is 0.222 e. The van der Waals surface area contributed by atoms with Crippen LogP contribution in [0.4, 0.5) is 0 Å². The minimum atomic E-state index is 0.232. The molecule has 23 heavy (non-hydrogen) atoms. The Hall–Kier alpha value is -1.72. The molecule has 0 N–H and O–H groups in total. The summed E-state index contributed by atoms with van der Waals surface area (Å²) in [6, 6.07) is 4.36. The molecule has 0 aromatic carbocycles. The zero-order chi connectivity index (χ0) is 16.1. The maximum atomic E-state index is 12.3. The lowest BCUT2D eigenvalue weighted by atomic mass is 9.97. The molecule has 0 spiro atoms. The molecule has 3 rings (SSSR count). The van der Waals surface area contributed by atoms with E-state index in [1.165, 1.54) is 5.56 Å². The highest BCUT2D eigenvalue weighted by Gasteiger charge is 2.38. The van der Waals surface area contributed by atoms with Crippen LogP contribution in [0.3, 0.4) is 0 Å². The largest absolute Gasteiger partial charge is 0.375 e. The van der Waals surface area contributed by atoms with Crippen LogP contribution in [-0.2, 0) is 16.1 Å². The average Bonchev–Trinajstić information content (AvgIpc) is 2.60. The number of aromatic nitrogens is 1. The normalized spacial score (nSPS) is 25.0. The van der Waals surface area contributed by atoms with E-state index in [1.54, 1.807) is 6.20 Å². The van der Waals surface area contributed by atoms with E-state index in [9.17, 15) is 4.79 Å². The van der Waals surface area contributed by atoms with Crippen LogP contribution >= 0.6 is 0 Å². The van der Waals surface area contributed by atoms with Crippen molar-refractivity contribution < 1.29 is 9.53 Å². The molecule has 124 valence electrons. The average molecular weight is 315 g/mol. The number of hydrogen-bond donors (Lipinski definition) is 0. The van der Waals surface area contributed by atoms with Crippen LogP contribution < -0.4 is 0 Å². The number of morpholine rings is 1. The van der Waals surface area contributed by atoms with Gasteiger partial charge in [0.1, 0.15) is 0 Å². The lowest BCUT2D eigenvalue weighted by molar-refractivity contribution is -0.143. The first-order chi connectivity index (χ1) is 11.3. The van der Waals surface area contributed by atoms with Gasteiger partial charge in [-0.3, -0.25) is 14.7 Å². The minimum Gasteiger partial charge on any atom is -0.375 e. The molecule has 2 fully saturated rings. The number of carbonyl (C=O) groups excluding carboxylic acids is 1. The summed E-state index contributed by atoms with van der Waals surface area (Å²) in [4.78, 5) is 20.9. The topological polar surface area (TPSA) is 45.7 Å². The van der Waals surface area contributed by atoms with E-state index in [-0.39, 0.29) is 18.1 Å². The standard InChI is InChI=1S/C18H25N3O2/c1-2-3-6-18(22)21-9-7-17-16(14-21)20(10-11-23-17)13-15-5-4-8-19-12-15/h2,4-5,8,12,16-17H,1,3,6-7,9-11,13-14H2/t16-,17-/m1/s1. The van der Waals surface area contributed by atoms with Gasteiger partial charge < -0.3 is 9.64 Å². The fraction of sp³-hybridized carbons (Fsp3) is 0.556. The molecule has 1 aromatic rings. The quantitative estimate of drug-likeness (QED) is 0.778. The van der Waals surface area contributed by atoms with Crippen LogP contribution in [-0.4, -0.2) is 59.1 Å². The molecular formula is C18H25N3O2. The van der Waals surface area contributed by atoms with E-state index in [0.717, 1.165) is 45.6 Å². The second-order valence-corrected chi connectivity index (χ2v) is 6.26. The summed E-state index contributed by atoms with van der Waals surface area (Å²) in [5.74, 6) is 0.232. The lowest BCUT2D eigenvalue weighted by Crippen LogP contribution is -2.60. The molecule has 0 unspecified atom stereocenters. The van der Waals surface area contributed by atoms with Crippen LogP contribution in [0.1, 0.15) is 24.8 Å². The fourth-order valence-electron chi connectivity index (χ4n) is 3.47. The third-order valence-electron chi connectivity index (χ3n) is 4.72. The molecule has 2 aliphatic heterocycles. The zero-order valence-electron chi connectivity index (χ0n) is 13.6. The van der Waals surface area contributed by atoms with Crippen LogP contribution in [0.25, 0.3) is 0 Å². The Bertz CT molecular complexity index is 534. The number of piperidine rings is 1. The summed E-state index contributed by atoms with van der Waals surface area (Å²) < 4.78 is 5.95. The molecule has 0 saturated carbocycles. The van der Waals surface area contributed by atoms with Gasteiger partial charge in [-0.05, 0) is 24.5 Å². The Morgan fingerprint density at radius 3 is 3.17 bits per heavy atom. The number of rotatable bonds is 5. The van der Waals surface area contributed by atoms with Crippen molar-refractivity contribution in [2.75, 3.05) is 26.2 Å². The molecule has 2 saturated heterocycles. The molecule has 1 aromatic heterocycles. The summed E-state index contributed by atoms with van der Waals surface area (Å²) in [5.41, 5.74) is 1.21. The second kappa shape index (κ2) is 7.70. The highest BCUT2D eigenvalue weighted by atomic mass is 16.5. The molecule has 3 heterocycles. The highest BCUT2D eigenvalue weighted by molar-refractivity contribution is 5.76. The van der Waals surface area contributed by atoms with Gasteiger partial charge in [-0.25, -0.2) is 0 Å². The van der Waals surface area contributed by atoms with Crippen molar-refractivity contribution in [2.45, 2.75) is 38.0 Å². The Morgan fingerprint density at radius 2 is 2.39 bits per heavy atom. The van der Waals surface area contributed by atoms with Gasteiger partial charge in [-0.2, -0.15) is 0 Å². The van der Waals surface area contributed by atoms with Gasteiger partial charge in [0.05, 0.1) is 18.8 Å². The van der Waals surface area contributed by atoms with Crippen LogP contribution in [0.2, 0.25) is 0 Å². The molecule has 0 radical (unpaired) electrons. The van der Waals surface area contributed by atoms with E-state index in [4.69, 9.17) is 4.74 Å². The van der Waals surface area contributed by atoms with Gasteiger partial charge in [0, 0.05) is 45.0 Å². The van der Waals surface area contributed by atoms with Gasteiger partial charge in [0.2, 0.25) is 5.91 Å². The maximum absolute atomic E-state index is 12.3. The number of allylic oxidation sites excluding steroid dienone is 1. The first-order valence-electron chi connectivity index (χ1n) is 8.41. The number of pyridine rings is 1. The summed E-state index contributed by atoms with van der Waals surface area (Å²) in [6.45, 7) is 7.81. The van der Waals surface area contributed by atoms with Crippen molar-refractivity contribution in [3.8, 4) is 0 Å². The van der Waals surface area contributed by atoms with Gasteiger partial charge in [0.25, 0.3) is 0 Å². The molecule has 2 aliphatic rings. The van der Waals surface area contributed by atoms with E-state index < -0.39 is 0 Å². The number of amides is 1. The summed E-state index contributed by atoms with van der Waals surface area (Å²) in [5, 5.41) is 0. The van der Waals surface area contributed by atoms with E-state index >= 15 is 0 Å². The zero-order valence-corrected chi connectivity index (χ0v) is 13.6. The molecule has 2 atom stereocenters. The van der Waals surface area contributed by atoms with Gasteiger partial charge in [0.15, 0.2) is 0 Å². The lowest BCUT2D eigenvalue weighted by Gasteiger charge is -2.47. The highest BCUT2D eigenvalue weighted by Crippen LogP contribution is 2.25.